The highest BCUT2D eigenvalue weighted by molar-refractivity contribution is 7.92. The Morgan fingerprint density at radius 2 is 1.81 bits per heavy atom. The number of benzene rings is 3. The van der Waals surface area contributed by atoms with Crippen LogP contribution in [-0.2, 0) is 10.0 Å². The third-order valence-corrected chi connectivity index (χ3v) is 6.74. The number of aliphatic hydroxyl groups is 1. The van der Waals surface area contributed by atoms with Gasteiger partial charge in [-0.15, -0.1) is 0 Å². The van der Waals surface area contributed by atoms with Gasteiger partial charge in [-0.1, -0.05) is 17.7 Å². The molecule has 3 aromatic carbocycles. The molecule has 0 unspecified atom stereocenters. The van der Waals surface area contributed by atoms with Gasteiger partial charge >= 0.3 is 5.97 Å². The lowest BCUT2D eigenvalue weighted by molar-refractivity contribution is 0.0699. The van der Waals surface area contributed by atoms with Crippen LogP contribution in [0.2, 0.25) is 5.02 Å². The second kappa shape index (κ2) is 10.1. The van der Waals surface area contributed by atoms with Crippen molar-refractivity contribution in [1.29, 1.82) is 0 Å². The SMILES string of the molecule is COc1cc2c(C(=O)O)c(-c3ccc(Oc4cccc(Cl)c4)cc3)oc2cc1N(CCO)S(C)(=O)=O. The van der Waals surface area contributed by atoms with Crippen LogP contribution in [0.1, 0.15) is 10.4 Å². The highest BCUT2D eigenvalue weighted by Crippen LogP contribution is 2.41. The maximum atomic E-state index is 12.3. The number of anilines is 1. The number of nitrogens with zero attached hydrogens (tertiary/aromatic N) is 1. The summed E-state index contributed by atoms with van der Waals surface area (Å²) < 4.78 is 42.7. The number of sulfonamides is 1. The molecule has 188 valence electrons. The van der Waals surface area contributed by atoms with Crippen LogP contribution < -0.4 is 13.8 Å². The van der Waals surface area contributed by atoms with E-state index in [0.717, 1.165) is 10.6 Å². The Kier molecular flexibility index (Phi) is 7.11. The Labute approximate surface area is 212 Å². The molecule has 2 N–H and O–H groups in total. The Bertz CT molecular complexity index is 1530. The van der Waals surface area contributed by atoms with Crippen molar-refractivity contribution < 1.29 is 37.3 Å². The van der Waals surface area contributed by atoms with Gasteiger partial charge in [0.2, 0.25) is 10.0 Å². The number of carbonyl (C=O) groups is 1. The minimum Gasteiger partial charge on any atom is -0.495 e. The maximum Gasteiger partial charge on any atom is 0.340 e. The first-order valence-corrected chi connectivity index (χ1v) is 12.8. The van der Waals surface area contributed by atoms with E-state index in [1.807, 2.05) is 0 Å². The summed E-state index contributed by atoms with van der Waals surface area (Å²) in [5.74, 6) is 0.0163. The van der Waals surface area contributed by atoms with Gasteiger partial charge in [0.05, 0.1) is 32.2 Å². The molecule has 4 aromatic rings. The molecule has 0 radical (unpaired) electrons. The fourth-order valence-corrected chi connectivity index (χ4v) is 4.88. The van der Waals surface area contributed by atoms with Crippen LogP contribution >= 0.6 is 11.6 Å². The molecule has 1 aromatic heterocycles. The van der Waals surface area contributed by atoms with Gasteiger partial charge in [-0.3, -0.25) is 4.31 Å². The van der Waals surface area contributed by atoms with E-state index in [2.05, 4.69) is 0 Å². The molecule has 0 atom stereocenters. The smallest absolute Gasteiger partial charge is 0.340 e. The summed E-state index contributed by atoms with van der Waals surface area (Å²) in [7, 11) is -2.44. The Hall–Kier alpha value is -3.73. The number of carboxylic acid groups (broad SMARTS) is 1. The van der Waals surface area contributed by atoms with E-state index in [1.165, 1.54) is 19.2 Å². The summed E-state index contributed by atoms with van der Waals surface area (Å²) in [6, 6.07) is 16.3. The molecule has 0 amide bonds. The summed E-state index contributed by atoms with van der Waals surface area (Å²) in [6.45, 7) is -0.643. The standard InChI is InChI=1S/C25H22ClNO8S/c1-33-22-13-19-21(14-20(22)27(10-11-28)36(2,31)32)35-24(23(19)25(29)30)15-6-8-17(9-7-15)34-18-5-3-4-16(26)12-18/h3-9,12-14,28H,10-11H2,1-2H3,(H,29,30). The van der Waals surface area contributed by atoms with Gasteiger partial charge in [0.1, 0.15) is 34.2 Å². The van der Waals surface area contributed by atoms with Crippen molar-refractivity contribution in [3.8, 4) is 28.6 Å². The van der Waals surface area contributed by atoms with Crippen molar-refractivity contribution >= 4 is 44.3 Å². The number of hydrogen-bond donors (Lipinski definition) is 2. The topological polar surface area (TPSA) is 127 Å². The lowest BCUT2D eigenvalue weighted by Crippen LogP contribution is -2.32. The van der Waals surface area contributed by atoms with Crippen LogP contribution in [-0.4, -0.2) is 51.1 Å². The number of aromatic carboxylic acids is 1. The zero-order chi connectivity index (χ0) is 26.0. The second-order valence-electron chi connectivity index (χ2n) is 7.77. The molecular formula is C25H22ClNO8S. The van der Waals surface area contributed by atoms with E-state index in [9.17, 15) is 23.4 Å². The number of halogens is 1. The van der Waals surface area contributed by atoms with Gasteiger partial charge in [0, 0.05) is 22.0 Å². The minimum absolute atomic E-state index is 0.0825. The fraction of sp³-hybridized carbons (Fsp3) is 0.160. The molecular weight excluding hydrogens is 510 g/mol. The molecule has 0 aliphatic heterocycles. The van der Waals surface area contributed by atoms with E-state index in [-0.39, 0.29) is 40.3 Å². The number of methoxy groups -OCH3 is 1. The molecule has 0 bridgehead atoms. The monoisotopic (exact) mass is 531 g/mol. The molecule has 0 fully saturated rings. The first-order valence-electron chi connectivity index (χ1n) is 10.6. The molecule has 0 aliphatic carbocycles. The second-order valence-corrected chi connectivity index (χ2v) is 10.1. The number of aliphatic hydroxyl groups excluding tert-OH is 1. The number of ether oxygens (including phenoxy) is 2. The number of fused-ring (bicyclic) bond motifs is 1. The zero-order valence-corrected chi connectivity index (χ0v) is 20.8. The first-order chi connectivity index (χ1) is 17.1. The van der Waals surface area contributed by atoms with E-state index >= 15 is 0 Å². The van der Waals surface area contributed by atoms with E-state index in [1.54, 1.807) is 48.5 Å². The first kappa shape index (κ1) is 25.4. The molecule has 11 heteroatoms. The predicted octanol–water partition coefficient (Wildman–Crippen LogP) is 5.01. The molecule has 1 heterocycles. The van der Waals surface area contributed by atoms with Crippen LogP contribution in [0.25, 0.3) is 22.3 Å². The number of rotatable bonds is 9. The van der Waals surface area contributed by atoms with Gasteiger partial charge in [0.15, 0.2) is 0 Å². The van der Waals surface area contributed by atoms with Gasteiger partial charge in [-0.25, -0.2) is 13.2 Å². The van der Waals surface area contributed by atoms with Crippen LogP contribution in [0.4, 0.5) is 5.69 Å². The normalized spacial score (nSPS) is 11.4. The van der Waals surface area contributed by atoms with Gasteiger partial charge in [-0.2, -0.15) is 0 Å². The van der Waals surface area contributed by atoms with Crippen LogP contribution in [0.3, 0.4) is 0 Å². The largest absolute Gasteiger partial charge is 0.495 e. The van der Waals surface area contributed by atoms with E-state index in [4.69, 9.17) is 25.5 Å². The van der Waals surface area contributed by atoms with Crippen molar-refractivity contribution in [2.75, 3.05) is 30.8 Å². The Balaban J connectivity index is 1.80. The summed E-state index contributed by atoms with van der Waals surface area (Å²) in [5, 5.41) is 20.1. The molecule has 0 spiro atoms. The molecule has 0 saturated heterocycles. The average Bonchev–Trinajstić information content (AvgIpc) is 3.20. The summed E-state index contributed by atoms with van der Waals surface area (Å²) in [6.07, 6.45) is 0.996. The Morgan fingerprint density at radius 3 is 2.39 bits per heavy atom. The predicted molar refractivity (Wildman–Crippen MR) is 136 cm³/mol. The van der Waals surface area contributed by atoms with Gasteiger partial charge in [0.25, 0.3) is 0 Å². The molecule has 0 saturated carbocycles. The highest BCUT2D eigenvalue weighted by atomic mass is 35.5. The third kappa shape index (κ3) is 5.11. The van der Waals surface area contributed by atoms with Gasteiger partial charge < -0.3 is 24.1 Å². The van der Waals surface area contributed by atoms with Crippen molar-refractivity contribution in [2.45, 2.75) is 0 Å². The van der Waals surface area contributed by atoms with E-state index < -0.39 is 22.6 Å². The van der Waals surface area contributed by atoms with Crippen LogP contribution in [0.15, 0.2) is 65.1 Å². The molecule has 4 rings (SSSR count). The fourth-order valence-electron chi connectivity index (χ4n) is 3.78. The quantitative estimate of drug-likeness (QED) is 0.308. The molecule has 9 nitrogen and oxygen atoms in total. The van der Waals surface area contributed by atoms with E-state index in [0.29, 0.717) is 22.1 Å². The van der Waals surface area contributed by atoms with Gasteiger partial charge in [-0.05, 0) is 48.5 Å². The molecule has 36 heavy (non-hydrogen) atoms. The maximum absolute atomic E-state index is 12.3. The minimum atomic E-state index is -3.77. The number of hydrogen-bond acceptors (Lipinski definition) is 7. The average molecular weight is 532 g/mol. The van der Waals surface area contributed by atoms with Crippen LogP contribution in [0, 0.1) is 0 Å². The van der Waals surface area contributed by atoms with Crippen LogP contribution in [0.5, 0.6) is 17.2 Å². The molecule has 0 aliphatic rings. The highest BCUT2D eigenvalue weighted by Gasteiger charge is 2.27. The zero-order valence-electron chi connectivity index (χ0n) is 19.3. The third-order valence-electron chi connectivity index (χ3n) is 5.32. The summed E-state index contributed by atoms with van der Waals surface area (Å²) in [5.41, 5.74) is 0.623. The number of carboxylic acids is 1. The van der Waals surface area contributed by atoms with Crippen molar-refractivity contribution in [3.63, 3.8) is 0 Å². The van der Waals surface area contributed by atoms with Crippen molar-refractivity contribution in [3.05, 3.63) is 71.2 Å². The summed E-state index contributed by atoms with van der Waals surface area (Å²) >= 11 is 5.99. The lowest BCUT2D eigenvalue weighted by Gasteiger charge is -2.23. The number of furan rings is 1. The van der Waals surface area contributed by atoms with Crippen molar-refractivity contribution in [1.82, 2.24) is 0 Å². The summed E-state index contributed by atoms with van der Waals surface area (Å²) in [4.78, 5) is 12.2. The Morgan fingerprint density at radius 1 is 1.08 bits per heavy atom. The lowest BCUT2D eigenvalue weighted by atomic mass is 10.0. The van der Waals surface area contributed by atoms with Crippen molar-refractivity contribution in [2.24, 2.45) is 0 Å².